The lowest BCUT2D eigenvalue weighted by atomic mass is 10.1. The van der Waals surface area contributed by atoms with Crippen LogP contribution in [0.3, 0.4) is 0 Å². The quantitative estimate of drug-likeness (QED) is 0.813. The molecule has 2 N–H and O–H groups in total. The van der Waals surface area contributed by atoms with E-state index >= 15 is 0 Å². The van der Waals surface area contributed by atoms with Crippen molar-refractivity contribution >= 4 is 17.2 Å². The Morgan fingerprint density at radius 1 is 1.67 bits per heavy atom. The first-order chi connectivity index (χ1) is 8.72. The number of hydrogen-bond donors (Lipinski definition) is 2. The van der Waals surface area contributed by atoms with Gasteiger partial charge in [-0.15, -0.1) is 11.3 Å². The van der Waals surface area contributed by atoms with E-state index in [1.54, 1.807) is 11.3 Å². The van der Waals surface area contributed by atoms with Gasteiger partial charge in [-0.1, -0.05) is 18.8 Å². The Balaban J connectivity index is 1.89. The molecule has 1 fully saturated rings. The zero-order valence-electron chi connectivity index (χ0n) is 10.4. The fraction of sp³-hybridized carbons (Fsp3) is 0.500. The smallest absolute Gasteiger partial charge is 0.223 e. The van der Waals surface area contributed by atoms with Gasteiger partial charge in [-0.2, -0.15) is 0 Å². The molecular formula is C14H17NO2S. The van der Waals surface area contributed by atoms with Gasteiger partial charge in [-0.25, -0.2) is 0 Å². The highest BCUT2D eigenvalue weighted by atomic mass is 32.1. The van der Waals surface area contributed by atoms with Crippen molar-refractivity contribution in [2.75, 3.05) is 6.61 Å². The van der Waals surface area contributed by atoms with Crippen molar-refractivity contribution in [3.63, 3.8) is 0 Å². The highest BCUT2D eigenvalue weighted by Gasteiger charge is 2.32. The Morgan fingerprint density at radius 2 is 2.44 bits per heavy atom. The van der Waals surface area contributed by atoms with Crippen molar-refractivity contribution in [3.05, 3.63) is 21.9 Å². The number of rotatable bonds is 4. The van der Waals surface area contributed by atoms with E-state index in [2.05, 4.69) is 17.2 Å². The van der Waals surface area contributed by atoms with Gasteiger partial charge in [0.25, 0.3) is 0 Å². The fourth-order valence-electron chi connectivity index (χ4n) is 1.86. The molecule has 0 saturated heterocycles. The van der Waals surface area contributed by atoms with Crippen LogP contribution in [0.1, 0.15) is 30.2 Å². The second-order valence-corrected chi connectivity index (χ2v) is 5.56. The van der Waals surface area contributed by atoms with Crippen LogP contribution < -0.4 is 5.32 Å². The molecule has 2 rings (SSSR count). The van der Waals surface area contributed by atoms with Gasteiger partial charge >= 0.3 is 0 Å². The summed E-state index contributed by atoms with van der Waals surface area (Å²) >= 11 is 1.58. The molecule has 1 atom stereocenters. The predicted octanol–water partition coefficient (Wildman–Crippen LogP) is 1.75. The monoisotopic (exact) mass is 263 g/mol. The molecule has 1 aromatic rings. The number of carbonyl (C=O) groups excluding carboxylic acids is 1. The van der Waals surface area contributed by atoms with Crippen molar-refractivity contribution in [1.82, 2.24) is 5.32 Å². The Labute approximate surface area is 111 Å². The number of aliphatic hydroxyl groups excluding tert-OH is 1. The SMILES string of the molecule is CC(C(=O)NCc1sccc1C#CCO)C1CC1. The number of aliphatic hydroxyl groups is 1. The topological polar surface area (TPSA) is 49.3 Å². The van der Waals surface area contributed by atoms with Gasteiger partial charge in [0.1, 0.15) is 6.61 Å². The Hall–Kier alpha value is -1.31. The molecule has 1 aliphatic rings. The van der Waals surface area contributed by atoms with E-state index < -0.39 is 0 Å². The fourth-order valence-corrected chi connectivity index (χ4v) is 2.63. The third-order valence-corrected chi connectivity index (χ3v) is 4.13. The summed E-state index contributed by atoms with van der Waals surface area (Å²) in [5, 5.41) is 13.6. The molecule has 1 aliphatic carbocycles. The van der Waals surface area contributed by atoms with E-state index in [1.165, 1.54) is 12.8 Å². The van der Waals surface area contributed by atoms with Gasteiger partial charge < -0.3 is 10.4 Å². The molecule has 0 radical (unpaired) electrons. The number of nitrogens with one attached hydrogen (secondary N) is 1. The van der Waals surface area contributed by atoms with E-state index in [0.29, 0.717) is 12.5 Å². The lowest BCUT2D eigenvalue weighted by Gasteiger charge is -2.10. The lowest BCUT2D eigenvalue weighted by molar-refractivity contribution is -0.125. The Kier molecular flexibility index (Phi) is 4.40. The summed E-state index contributed by atoms with van der Waals surface area (Å²) < 4.78 is 0. The molecule has 0 bridgehead atoms. The van der Waals surface area contributed by atoms with E-state index in [1.807, 2.05) is 18.4 Å². The number of thiophene rings is 1. The first kappa shape index (κ1) is 13.1. The van der Waals surface area contributed by atoms with Crippen molar-refractivity contribution in [1.29, 1.82) is 0 Å². The van der Waals surface area contributed by atoms with Crippen molar-refractivity contribution in [2.24, 2.45) is 11.8 Å². The normalized spacial score (nSPS) is 15.7. The second-order valence-electron chi connectivity index (χ2n) is 4.56. The van der Waals surface area contributed by atoms with Gasteiger partial charge in [0.2, 0.25) is 5.91 Å². The zero-order chi connectivity index (χ0) is 13.0. The number of hydrogen-bond acceptors (Lipinski definition) is 3. The summed E-state index contributed by atoms with van der Waals surface area (Å²) in [6.07, 6.45) is 2.36. The summed E-state index contributed by atoms with van der Waals surface area (Å²) in [5.74, 6) is 6.36. The summed E-state index contributed by atoms with van der Waals surface area (Å²) in [5.41, 5.74) is 0.897. The molecule has 4 heteroatoms. The Morgan fingerprint density at radius 3 is 3.11 bits per heavy atom. The van der Waals surface area contributed by atoms with Crippen LogP contribution in [0.4, 0.5) is 0 Å². The maximum Gasteiger partial charge on any atom is 0.223 e. The van der Waals surface area contributed by atoms with Crippen LogP contribution in [0.5, 0.6) is 0 Å². The molecule has 96 valence electrons. The van der Waals surface area contributed by atoms with Crippen LogP contribution in [0.2, 0.25) is 0 Å². The van der Waals surface area contributed by atoms with Crippen LogP contribution in [-0.4, -0.2) is 17.6 Å². The van der Waals surface area contributed by atoms with Gasteiger partial charge in [-0.3, -0.25) is 4.79 Å². The Bertz CT molecular complexity index is 479. The largest absolute Gasteiger partial charge is 0.384 e. The molecule has 18 heavy (non-hydrogen) atoms. The molecule has 1 heterocycles. The van der Waals surface area contributed by atoms with Gasteiger partial charge in [0.15, 0.2) is 0 Å². The van der Waals surface area contributed by atoms with Crippen molar-refractivity contribution < 1.29 is 9.90 Å². The van der Waals surface area contributed by atoms with Crippen LogP contribution in [-0.2, 0) is 11.3 Å². The molecular weight excluding hydrogens is 246 g/mol. The average molecular weight is 263 g/mol. The summed E-state index contributed by atoms with van der Waals surface area (Å²) in [6.45, 7) is 2.39. The van der Waals surface area contributed by atoms with Crippen molar-refractivity contribution in [3.8, 4) is 11.8 Å². The van der Waals surface area contributed by atoms with Gasteiger partial charge in [0, 0.05) is 16.4 Å². The summed E-state index contributed by atoms with van der Waals surface area (Å²) in [6, 6.07) is 1.92. The third kappa shape index (κ3) is 3.34. The van der Waals surface area contributed by atoms with Crippen LogP contribution in [0, 0.1) is 23.7 Å². The van der Waals surface area contributed by atoms with E-state index in [9.17, 15) is 4.79 Å². The molecule has 1 amide bonds. The predicted molar refractivity (Wildman–Crippen MR) is 72.0 cm³/mol. The standard InChI is InChI=1S/C14H17NO2S/c1-10(11-4-5-11)14(17)15-9-13-12(3-2-7-16)6-8-18-13/h6,8,10-11,16H,4-5,7,9H2,1H3,(H,15,17). The molecule has 0 aromatic carbocycles. The molecule has 1 aromatic heterocycles. The zero-order valence-corrected chi connectivity index (χ0v) is 11.2. The second kappa shape index (κ2) is 6.03. The lowest BCUT2D eigenvalue weighted by Crippen LogP contribution is -2.29. The summed E-state index contributed by atoms with van der Waals surface area (Å²) in [7, 11) is 0. The highest BCUT2D eigenvalue weighted by molar-refractivity contribution is 7.10. The van der Waals surface area contributed by atoms with Crippen LogP contribution >= 0.6 is 11.3 Å². The first-order valence-corrected chi connectivity index (χ1v) is 7.04. The molecule has 1 saturated carbocycles. The maximum atomic E-state index is 11.9. The third-order valence-electron chi connectivity index (χ3n) is 3.21. The van der Waals surface area contributed by atoms with E-state index in [-0.39, 0.29) is 18.4 Å². The van der Waals surface area contributed by atoms with Crippen LogP contribution in [0.25, 0.3) is 0 Å². The van der Waals surface area contributed by atoms with Gasteiger partial charge in [0.05, 0.1) is 6.54 Å². The first-order valence-electron chi connectivity index (χ1n) is 6.16. The minimum absolute atomic E-state index is 0.122. The maximum absolute atomic E-state index is 11.9. The van der Waals surface area contributed by atoms with E-state index in [4.69, 9.17) is 5.11 Å². The van der Waals surface area contributed by atoms with Crippen LogP contribution in [0.15, 0.2) is 11.4 Å². The average Bonchev–Trinajstić information content (AvgIpc) is 3.13. The van der Waals surface area contributed by atoms with Gasteiger partial charge in [-0.05, 0) is 30.2 Å². The van der Waals surface area contributed by atoms with Crippen molar-refractivity contribution in [2.45, 2.75) is 26.3 Å². The molecule has 1 unspecified atom stereocenters. The summed E-state index contributed by atoms with van der Waals surface area (Å²) in [4.78, 5) is 12.9. The molecule has 0 aliphatic heterocycles. The number of amides is 1. The van der Waals surface area contributed by atoms with E-state index in [0.717, 1.165) is 10.4 Å². The highest BCUT2D eigenvalue weighted by Crippen LogP contribution is 2.36. The minimum Gasteiger partial charge on any atom is -0.384 e. The molecule has 0 spiro atoms. The molecule has 3 nitrogen and oxygen atoms in total. The minimum atomic E-state index is -0.139. The number of carbonyl (C=O) groups is 1.